The summed E-state index contributed by atoms with van der Waals surface area (Å²) in [6.45, 7) is 4.49. The van der Waals surface area contributed by atoms with Crippen LogP contribution in [-0.4, -0.2) is 36.2 Å². The molecule has 1 aliphatic heterocycles. The molecule has 1 aliphatic rings. The number of aromatic nitrogens is 1. The van der Waals surface area contributed by atoms with Gasteiger partial charge < -0.3 is 4.74 Å². The molecule has 3 rings (SSSR count). The Bertz CT molecular complexity index is 568. The van der Waals surface area contributed by atoms with Crippen LogP contribution in [0.2, 0.25) is 0 Å². The Kier molecular flexibility index (Phi) is 4.85. The maximum absolute atomic E-state index is 12.9. The summed E-state index contributed by atoms with van der Waals surface area (Å²) in [5, 5.41) is 0.923. The molecule has 0 unspecified atom stereocenters. The first-order valence-electron chi connectivity index (χ1n) is 6.98. The Labute approximate surface area is 128 Å². The lowest BCUT2D eigenvalue weighted by Crippen LogP contribution is -2.35. The summed E-state index contributed by atoms with van der Waals surface area (Å²) in [6, 6.07) is 10.6. The van der Waals surface area contributed by atoms with Crippen molar-refractivity contribution in [3.05, 3.63) is 54.0 Å². The van der Waals surface area contributed by atoms with Crippen molar-refractivity contribution in [2.24, 2.45) is 0 Å². The minimum atomic E-state index is -0.215. The minimum Gasteiger partial charge on any atom is -0.379 e. The van der Waals surface area contributed by atoms with Crippen LogP contribution in [0.3, 0.4) is 0 Å². The van der Waals surface area contributed by atoms with Crippen LogP contribution >= 0.6 is 11.8 Å². The molecule has 1 saturated heterocycles. The molecule has 0 radical (unpaired) electrons. The summed E-state index contributed by atoms with van der Waals surface area (Å²) in [6.07, 6.45) is 1.92. The number of nitrogens with zero attached hydrogens (tertiary/aromatic N) is 2. The average molecular weight is 304 g/mol. The maximum atomic E-state index is 12.9. The van der Waals surface area contributed by atoms with Gasteiger partial charge in [-0.1, -0.05) is 17.8 Å². The van der Waals surface area contributed by atoms with Crippen LogP contribution in [0.5, 0.6) is 0 Å². The molecule has 1 aromatic carbocycles. The van der Waals surface area contributed by atoms with Crippen molar-refractivity contribution in [3.8, 4) is 0 Å². The van der Waals surface area contributed by atoms with Crippen molar-refractivity contribution < 1.29 is 9.13 Å². The van der Waals surface area contributed by atoms with Crippen LogP contribution in [-0.2, 0) is 11.3 Å². The molecule has 0 amide bonds. The Morgan fingerprint density at radius 3 is 2.52 bits per heavy atom. The third-order valence-corrected chi connectivity index (χ3v) is 4.30. The lowest BCUT2D eigenvalue weighted by atomic mass is 10.2. The molecule has 21 heavy (non-hydrogen) atoms. The van der Waals surface area contributed by atoms with E-state index in [1.807, 2.05) is 12.3 Å². The van der Waals surface area contributed by atoms with Gasteiger partial charge in [0.15, 0.2) is 0 Å². The fourth-order valence-corrected chi connectivity index (χ4v) is 2.96. The van der Waals surface area contributed by atoms with Crippen molar-refractivity contribution in [2.45, 2.75) is 16.5 Å². The number of hydrogen-bond donors (Lipinski definition) is 0. The Morgan fingerprint density at radius 1 is 1.10 bits per heavy atom. The van der Waals surface area contributed by atoms with Crippen LogP contribution < -0.4 is 0 Å². The van der Waals surface area contributed by atoms with Gasteiger partial charge in [-0.3, -0.25) is 4.90 Å². The molecule has 0 atom stereocenters. The largest absolute Gasteiger partial charge is 0.379 e. The molecule has 2 aromatic rings. The fourth-order valence-electron chi connectivity index (χ4n) is 2.21. The molecular weight excluding hydrogens is 287 g/mol. The Hall–Kier alpha value is -1.43. The van der Waals surface area contributed by atoms with Gasteiger partial charge in [0.25, 0.3) is 0 Å². The quantitative estimate of drug-likeness (QED) is 0.866. The summed E-state index contributed by atoms with van der Waals surface area (Å²) < 4.78 is 18.2. The summed E-state index contributed by atoms with van der Waals surface area (Å²) >= 11 is 1.54. The summed E-state index contributed by atoms with van der Waals surface area (Å²) in [4.78, 5) is 7.83. The molecule has 5 heteroatoms. The van der Waals surface area contributed by atoms with Crippen LogP contribution in [0, 0.1) is 5.82 Å². The van der Waals surface area contributed by atoms with E-state index in [0.717, 1.165) is 42.8 Å². The van der Waals surface area contributed by atoms with Crippen molar-refractivity contribution in [3.63, 3.8) is 0 Å². The topological polar surface area (TPSA) is 25.4 Å². The zero-order chi connectivity index (χ0) is 14.5. The van der Waals surface area contributed by atoms with Crippen LogP contribution in [0.4, 0.5) is 4.39 Å². The molecule has 1 aromatic heterocycles. The highest BCUT2D eigenvalue weighted by Crippen LogP contribution is 2.26. The highest BCUT2D eigenvalue weighted by Gasteiger charge is 2.10. The van der Waals surface area contributed by atoms with E-state index in [-0.39, 0.29) is 5.82 Å². The van der Waals surface area contributed by atoms with Crippen molar-refractivity contribution in [2.75, 3.05) is 26.3 Å². The second kappa shape index (κ2) is 7.02. The van der Waals surface area contributed by atoms with E-state index in [0.29, 0.717) is 0 Å². The SMILES string of the molecule is Fc1ccc(Sc2ccc(CN3CCOCC3)cn2)cc1. The number of morpholine rings is 1. The predicted molar refractivity (Wildman–Crippen MR) is 80.9 cm³/mol. The van der Waals surface area contributed by atoms with Gasteiger partial charge in [-0.25, -0.2) is 9.37 Å². The molecule has 2 heterocycles. The molecule has 110 valence electrons. The molecule has 0 spiro atoms. The second-order valence-corrected chi connectivity index (χ2v) is 6.04. The third-order valence-electron chi connectivity index (χ3n) is 3.34. The first-order valence-corrected chi connectivity index (χ1v) is 7.80. The molecule has 0 bridgehead atoms. The van der Waals surface area contributed by atoms with Crippen LogP contribution in [0.15, 0.2) is 52.5 Å². The summed E-state index contributed by atoms with van der Waals surface area (Å²) in [5.74, 6) is -0.215. The van der Waals surface area contributed by atoms with Gasteiger partial charge in [0.05, 0.1) is 13.2 Å². The Morgan fingerprint density at radius 2 is 1.86 bits per heavy atom. The average Bonchev–Trinajstić information content (AvgIpc) is 2.53. The normalized spacial score (nSPS) is 16.0. The second-order valence-electron chi connectivity index (χ2n) is 4.95. The summed E-state index contributed by atoms with van der Waals surface area (Å²) in [7, 11) is 0. The first kappa shape index (κ1) is 14.5. The van der Waals surface area contributed by atoms with Gasteiger partial charge in [-0.05, 0) is 35.9 Å². The zero-order valence-corrected chi connectivity index (χ0v) is 12.5. The predicted octanol–water partition coefficient (Wildman–Crippen LogP) is 3.20. The van der Waals surface area contributed by atoms with Gasteiger partial charge in [0, 0.05) is 30.7 Å². The van der Waals surface area contributed by atoms with Crippen LogP contribution in [0.25, 0.3) is 0 Å². The van der Waals surface area contributed by atoms with Gasteiger partial charge in [-0.15, -0.1) is 0 Å². The standard InChI is InChI=1S/C16H17FN2OS/c17-14-2-4-15(5-3-14)21-16-6-1-13(11-18-16)12-19-7-9-20-10-8-19/h1-6,11H,7-10,12H2. The number of pyridine rings is 1. The number of benzene rings is 1. The van der Waals surface area contributed by atoms with E-state index in [1.165, 1.54) is 29.5 Å². The smallest absolute Gasteiger partial charge is 0.123 e. The number of ether oxygens (including phenoxy) is 1. The number of rotatable bonds is 4. The van der Waals surface area contributed by atoms with E-state index < -0.39 is 0 Å². The van der Waals surface area contributed by atoms with Crippen molar-refractivity contribution in [1.82, 2.24) is 9.88 Å². The van der Waals surface area contributed by atoms with E-state index in [2.05, 4.69) is 16.0 Å². The fraction of sp³-hybridized carbons (Fsp3) is 0.312. The lowest BCUT2D eigenvalue weighted by molar-refractivity contribution is 0.0341. The number of halogens is 1. The molecule has 0 saturated carbocycles. The highest BCUT2D eigenvalue weighted by atomic mass is 32.2. The van der Waals surface area contributed by atoms with E-state index in [9.17, 15) is 4.39 Å². The third kappa shape index (κ3) is 4.27. The van der Waals surface area contributed by atoms with E-state index >= 15 is 0 Å². The number of hydrogen-bond acceptors (Lipinski definition) is 4. The molecule has 0 N–H and O–H groups in total. The molecule has 1 fully saturated rings. The van der Waals surface area contributed by atoms with Crippen molar-refractivity contribution in [1.29, 1.82) is 0 Å². The van der Waals surface area contributed by atoms with Gasteiger partial charge in [-0.2, -0.15) is 0 Å². The Balaban J connectivity index is 1.59. The monoisotopic (exact) mass is 304 g/mol. The van der Waals surface area contributed by atoms with E-state index in [4.69, 9.17) is 4.74 Å². The van der Waals surface area contributed by atoms with Gasteiger partial charge in [0.1, 0.15) is 10.8 Å². The van der Waals surface area contributed by atoms with Crippen LogP contribution in [0.1, 0.15) is 5.56 Å². The lowest BCUT2D eigenvalue weighted by Gasteiger charge is -2.26. The van der Waals surface area contributed by atoms with Crippen molar-refractivity contribution >= 4 is 11.8 Å². The minimum absolute atomic E-state index is 0.215. The van der Waals surface area contributed by atoms with Gasteiger partial charge in [0.2, 0.25) is 0 Å². The maximum Gasteiger partial charge on any atom is 0.123 e. The highest BCUT2D eigenvalue weighted by molar-refractivity contribution is 7.99. The molecule has 3 nitrogen and oxygen atoms in total. The van der Waals surface area contributed by atoms with Gasteiger partial charge >= 0.3 is 0 Å². The zero-order valence-electron chi connectivity index (χ0n) is 11.7. The first-order chi connectivity index (χ1) is 10.3. The molecule has 0 aliphatic carbocycles. The molecular formula is C16H17FN2OS. The summed E-state index contributed by atoms with van der Waals surface area (Å²) in [5.41, 5.74) is 1.21. The van der Waals surface area contributed by atoms with E-state index in [1.54, 1.807) is 12.1 Å².